The summed E-state index contributed by atoms with van der Waals surface area (Å²) in [5.41, 5.74) is 8.02. The monoisotopic (exact) mass is 271 g/mol. The third-order valence-corrected chi connectivity index (χ3v) is 3.13. The standard InChI is InChI=1S/C16H21N3O/c1-4-10-19-14(5-2)18-15(16(19)17)12-8-7-9-13(11-12)20-6-3/h4,7-9,11H,1,5-6,10,17H2,2-3H3. The Morgan fingerprint density at radius 1 is 1.40 bits per heavy atom. The van der Waals surface area contributed by atoms with Gasteiger partial charge in [0.05, 0.1) is 6.61 Å². The van der Waals surface area contributed by atoms with E-state index in [2.05, 4.69) is 18.5 Å². The molecule has 0 atom stereocenters. The number of anilines is 1. The first-order valence-electron chi connectivity index (χ1n) is 6.90. The number of benzene rings is 1. The summed E-state index contributed by atoms with van der Waals surface area (Å²) < 4.78 is 7.52. The van der Waals surface area contributed by atoms with Crippen LogP contribution in [0, 0.1) is 0 Å². The van der Waals surface area contributed by atoms with E-state index >= 15 is 0 Å². The lowest BCUT2D eigenvalue weighted by Crippen LogP contribution is -2.05. The summed E-state index contributed by atoms with van der Waals surface area (Å²) in [5, 5.41) is 0. The van der Waals surface area contributed by atoms with Crippen LogP contribution in [-0.2, 0) is 13.0 Å². The van der Waals surface area contributed by atoms with Crippen LogP contribution in [0.1, 0.15) is 19.7 Å². The van der Waals surface area contributed by atoms with Crippen molar-refractivity contribution < 1.29 is 4.74 Å². The van der Waals surface area contributed by atoms with E-state index in [4.69, 9.17) is 10.5 Å². The van der Waals surface area contributed by atoms with Gasteiger partial charge in [-0.2, -0.15) is 0 Å². The molecule has 0 saturated carbocycles. The second kappa shape index (κ2) is 6.28. The van der Waals surface area contributed by atoms with Gasteiger partial charge in [-0.1, -0.05) is 25.1 Å². The highest BCUT2D eigenvalue weighted by Gasteiger charge is 2.14. The minimum Gasteiger partial charge on any atom is -0.494 e. The molecule has 0 spiro atoms. The molecule has 1 aromatic heterocycles. The molecule has 0 aliphatic heterocycles. The number of nitrogen functional groups attached to an aromatic ring is 1. The molecule has 2 aromatic rings. The van der Waals surface area contributed by atoms with Crippen molar-refractivity contribution in [2.24, 2.45) is 0 Å². The topological polar surface area (TPSA) is 53.1 Å². The summed E-state index contributed by atoms with van der Waals surface area (Å²) in [6.45, 7) is 9.12. The number of hydrogen-bond acceptors (Lipinski definition) is 3. The van der Waals surface area contributed by atoms with Crippen LogP contribution in [0.5, 0.6) is 5.75 Å². The van der Waals surface area contributed by atoms with Crippen LogP contribution in [0.2, 0.25) is 0 Å². The molecule has 0 aliphatic rings. The van der Waals surface area contributed by atoms with Crippen molar-refractivity contribution in [2.45, 2.75) is 26.8 Å². The van der Waals surface area contributed by atoms with Gasteiger partial charge in [-0.25, -0.2) is 4.98 Å². The molecule has 0 amide bonds. The molecule has 2 N–H and O–H groups in total. The number of ether oxygens (including phenoxy) is 1. The van der Waals surface area contributed by atoms with Gasteiger partial charge in [0.2, 0.25) is 0 Å². The zero-order chi connectivity index (χ0) is 14.5. The third kappa shape index (κ3) is 2.69. The predicted molar refractivity (Wildman–Crippen MR) is 82.8 cm³/mol. The summed E-state index contributed by atoms with van der Waals surface area (Å²) >= 11 is 0. The van der Waals surface area contributed by atoms with E-state index in [0.29, 0.717) is 19.0 Å². The highest BCUT2D eigenvalue weighted by atomic mass is 16.5. The number of rotatable bonds is 6. The van der Waals surface area contributed by atoms with Crippen molar-refractivity contribution in [3.63, 3.8) is 0 Å². The van der Waals surface area contributed by atoms with Gasteiger partial charge in [0.15, 0.2) is 0 Å². The van der Waals surface area contributed by atoms with E-state index in [1.807, 2.05) is 41.8 Å². The van der Waals surface area contributed by atoms with Crippen molar-refractivity contribution in [2.75, 3.05) is 12.3 Å². The average Bonchev–Trinajstić information content (AvgIpc) is 2.77. The molecule has 0 saturated heterocycles. The van der Waals surface area contributed by atoms with Crippen LogP contribution in [0.15, 0.2) is 36.9 Å². The molecule has 0 unspecified atom stereocenters. The number of imidazole rings is 1. The first kappa shape index (κ1) is 14.2. The van der Waals surface area contributed by atoms with Crippen molar-refractivity contribution in [3.8, 4) is 17.0 Å². The van der Waals surface area contributed by atoms with Crippen molar-refractivity contribution in [1.29, 1.82) is 0 Å². The fourth-order valence-corrected chi connectivity index (χ4v) is 2.23. The Labute approximate surface area is 119 Å². The van der Waals surface area contributed by atoms with Crippen LogP contribution >= 0.6 is 0 Å². The Morgan fingerprint density at radius 2 is 2.20 bits per heavy atom. The average molecular weight is 271 g/mol. The fraction of sp³-hybridized carbons (Fsp3) is 0.312. The number of aryl methyl sites for hydroxylation is 1. The highest BCUT2D eigenvalue weighted by molar-refractivity contribution is 5.72. The summed E-state index contributed by atoms with van der Waals surface area (Å²) in [5.74, 6) is 2.48. The summed E-state index contributed by atoms with van der Waals surface area (Å²) in [4.78, 5) is 4.65. The van der Waals surface area contributed by atoms with Gasteiger partial charge in [0.1, 0.15) is 23.1 Å². The molecule has 4 nitrogen and oxygen atoms in total. The molecule has 106 valence electrons. The van der Waals surface area contributed by atoms with E-state index < -0.39 is 0 Å². The number of nitrogens with two attached hydrogens (primary N) is 1. The van der Waals surface area contributed by atoms with Gasteiger partial charge in [-0.15, -0.1) is 6.58 Å². The molecule has 0 fully saturated rings. The molecular formula is C16H21N3O. The van der Waals surface area contributed by atoms with Crippen LogP contribution in [0.3, 0.4) is 0 Å². The zero-order valence-corrected chi connectivity index (χ0v) is 12.1. The lowest BCUT2D eigenvalue weighted by atomic mass is 10.1. The van der Waals surface area contributed by atoms with E-state index in [9.17, 15) is 0 Å². The number of allylic oxidation sites excluding steroid dienone is 1. The first-order valence-corrected chi connectivity index (χ1v) is 6.90. The van der Waals surface area contributed by atoms with E-state index in [1.54, 1.807) is 0 Å². The van der Waals surface area contributed by atoms with Crippen LogP contribution < -0.4 is 10.5 Å². The lowest BCUT2D eigenvalue weighted by molar-refractivity contribution is 0.340. The maximum atomic E-state index is 6.23. The lowest BCUT2D eigenvalue weighted by Gasteiger charge is -2.06. The van der Waals surface area contributed by atoms with E-state index in [0.717, 1.165) is 29.3 Å². The Hall–Kier alpha value is -2.23. The Balaban J connectivity index is 2.46. The van der Waals surface area contributed by atoms with Gasteiger partial charge < -0.3 is 15.0 Å². The zero-order valence-electron chi connectivity index (χ0n) is 12.1. The predicted octanol–water partition coefficient (Wildman–Crippen LogP) is 3.28. The van der Waals surface area contributed by atoms with Crippen molar-refractivity contribution in [1.82, 2.24) is 9.55 Å². The molecule has 4 heteroatoms. The minimum absolute atomic E-state index is 0.643. The summed E-state index contributed by atoms with van der Waals surface area (Å²) in [6, 6.07) is 7.86. The van der Waals surface area contributed by atoms with Crippen molar-refractivity contribution in [3.05, 3.63) is 42.7 Å². The molecule has 1 heterocycles. The normalized spacial score (nSPS) is 10.5. The number of aromatic nitrogens is 2. The van der Waals surface area contributed by atoms with Gasteiger partial charge >= 0.3 is 0 Å². The maximum absolute atomic E-state index is 6.23. The minimum atomic E-state index is 0.643. The molecular weight excluding hydrogens is 250 g/mol. The Morgan fingerprint density at radius 3 is 2.85 bits per heavy atom. The first-order chi connectivity index (χ1) is 9.71. The second-order valence-corrected chi connectivity index (χ2v) is 4.48. The van der Waals surface area contributed by atoms with Gasteiger partial charge in [-0.05, 0) is 19.1 Å². The molecule has 0 bridgehead atoms. The summed E-state index contributed by atoms with van der Waals surface area (Å²) in [7, 11) is 0. The largest absolute Gasteiger partial charge is 0.494 e. The van der Waals surface area contributed by atoms with E-state index in [-0.39, 0.29) is 0 Å². The van der Waals surface area contributed by atoms with Gasteiger partial charge in [0.25, 0.3) is 0 Å². The smallest absolute Gasteiger partial charge is 0.132 e. The quantitative estimate of drug-likeness (QED) is 0.820. The fourth-order valence-electron chi connectivity index (χ4n) is 2.23. The third-order valence-electron chi connectivity index (χ3n) is 3.13. The second-order valence-electron chi connectivity index (χ2n) is 4.48. The highest BCUT2D eigenvalue weighted by Crippen LogP contribution is 2.29. The van der Waals surface area contributed by atoms with Gasteiger partial charge in [0, 0.05) is 18.5 Å². The molecule has 0 radical (unpaired) electrons. The van der Waals surface area contributed by atoms with Crippen LogP contribution in [0.4, 0.5) is 5.82 Å². The van der Waals surface area contributed by atoms with Gasteiger partial charge in [-0.3, -0.25) is 0 Å². The van der Waals surface area contributed by atoms with Crippen LogP contribution in [-0.4, -0.2) is 16.2 Å². The Bertz CT molecular complexity index is 602. The number of hydrogen-bond donors (Lipinski definition) is 1. The van der Waals surface area contributed by atoms with E-state index in [1.165, 1.54) is 0 Å². The van der Waals surface area contributed by atoms with Crippen molar-refractivity contribution >= 4 is 5.82 Å². The molecule has 0 aliphatic carbocycles. The molecule has 20 heavy (non-hydrogen) atoms. The SMILES string of the molecule is C=CCn1c(CC)nc(-c2cccc(OCC)c2)c1N. The number of nitrogens with zero attached hydrogens (tertiary/aromatic N) is 2. The molecule has 2 rings (SSSR count). The van der Waals surface area contributed by atoms with Crippen LogP contribution in [0.25, 0.3) is 11.3 Å². The Kier molecular flexibility index (Phi) is 4.45. The summed E-state index contributed by atoms with van der Waals surface area (Å²) in [6.07, 6.45) is 2.67. The maximum Gasteiger partial charge on any atom is 0.132 e. The molecule has 1 aromatic carbocycles.